The molecule has 6 nitrogen and oxygen atoms in total. The van der Waals surface area contributed by atoms with Gasteiger partial charge in [0.25, 0.3) is 0 Å². The molecular weight excluding hydrogens is 314 g/mol. The number of hydrogen-bond donors (Lipinski definition) is 5. The first kappa shape index (κ1) is 16.3. The Morgan fingerprint density at radius 2 is 1.20 bits per heavy atom. The lowest BCUT2D eigenvalue weighted by atomic mass is 10.1. The molecule has 0 amide bonds. The fourth-order valence-electron chi connectivity index (χ4n) is 2.46. The highest BCUT2D eigenvalue weighted by atomic mass is 16.3. The van der Waals surface area contributed by atoms with Crippen molar-refractivity contribution in [2.45, 2.75) is 6.92 Å². The highest BCUT2D eigenvalue weighted by Crippen LogP contribution is 2.29. The van der Waals surface area contributed by atoms with Crippen LogP contribution in [-0.2, 0) is 0 Å². The zero-order chi connectivity index (χ0) is 17.8. The van der Waals surface area contributed by atoms with Crippen molar-refractivity contribution in [2.75, 3.05) is 10.6 Å². The molecule has 3 rings (SSSR count). The summed E-state index contributed by atoms with van der Waals surface area (Å²) in [4.78, 5) is 0. The Bertz CT molecular complexity index is 820. The Hall–Kier alpha value is -3.54. The number of anilines is 2. The van der Waals surface area contributed by atoms with Crippen LogP contribution in [0.3, 0.4) is 0 Å². The molecule has 1 aromatic heterocycles. The molecule has 1 heterocycles. The number of hydrogen-bond acceptors (Lipinski definition) is 3. The molecule has 0 fully saturated rings. The van der Waals surface area contributed by atoms with Crippen LogP contribution in [0, 0.1) is 10.8 Å². The van der Waals surface area contributed by atoms with Gasteiger partial charge < -0.3 is 20.8 Å². The van der Waals surface area contributed by atoms with E-state index in [2.05, 4.69) is 10.6 Å². The summed E-state index contributed by atoms with van der Waals surface area (Å²) in [7, 11) is 0. The molecule has 25 heavy (non-hydrogen) atoms. The van der Waals surface area contributed by atoms with Gasteiger partial charge in [-0.05, 0) is 67.6 Å². The summed E-state index contributed by atoms with van der Waals surface area (Å²) in [6.45, 7) is 1.70. The zero-order valence-corrected chi connectivity index (χ0v) is 13.8. The van der Waals surface area contributed by atoms with Gasteiger partial charge in [-0.3, -0.25) is 10.8 Å². The maximum Gasteiger partial charge on any atom is 0.190 e. The second-order valence-electron chi connectivity index (χ2n) is 5.61. The van der Waals surface area contributed by atoms with E-state index in [1.807, 2.05) is 60.7 Å². The molecule has 0 saturated carbocycles. The number of nitrogens with one attached hydrogen (secondary N) is 4. The average Bonchev–Trinajstić information content (AvgIpc) is 3.05. The van der Waals surface area contributed by atoms with Crippen LogP contribution in [-0.4, -0.2) is 11.8 Å². The van der Waals surface area contributed by atoms with Gasteiger partial charge in [-0.2, -0.15) is 0 Å². The quantitative estimate of drug-likeness (QED) is 0.361. The van der Waals surface area contributed by atoms with E-state index in [1.165, 1.54) is 0 Å². The summed E-state index contributed by atoms with van der Waals surface area (Å²) < 4.78 is 5.95. The van der Waals surface area contributed by atoms with Crippen LogP contribution >= 0.6 is 0 Å². The van der Waals surface area contributed by atoms with Crippen LogP contribution in [0.15, 0.2) is 65.1 Å². The molecule has 0 radical (unpaired) electrons. The molecule has 0 aliphatic heterocycles. The van der Waals surface area contributed by atoms with Gasteiger partial charge in [0.1, 0.15) is 11.5 Å². The molecule has 3 aromatic rings. The number of guanidine groups is 1. The maximum absolute atomic E-state index is 7.45. The standard InChI is InChI=1S/C19H19N5O/c1-12(20)23-15-6-2-13(3-7-15)17-10-11-18(25-17)14-4-8-16(9-5-14)24-19(21)22/h2-11H,1H3,(H2,20,23)(H4,21,22,24). The maximum atomic E-state index is 7.45. The van der Waals surface area contributed by atoms with E-state index in [1.54, 1.807) is 6.92 Å². The van der Waals surface area contributed by atoms with Crippen LogP contribution in [0.4, 0.5) is 11.4 Å². The Labute approximate surface area is 145 Å². The van der Waals surface area contributed by atoms with Gasteiger partial charge >= 0.3 is 0 Å². The Kier molecular flexibility index (Phi) is 4.52. The molecule has 0 bridgehead atoms. The topological polar surface area (TPSA) is 111 Å². The second kappa shape index (κ2) is 6.92. The highest BCUT2D eigenvalue weighted by molar-refractivity contribution is 5.91. The predicted octanol–water partition coefficient (Wildman–Crippen LogP) is 4.33. The fraction of sp³-hybridized carbons (Fsp3) is 0.0526. The number of nitrogens with two attached hydrogens (primary N) is 1. The zero-order valence-electron chi connectivity index (χ0n) is 13.8. The third-order valence-corrected chi connectivity index (χ3v) is 3.56. The van der Waals surface area contributed by atoms with Crippen LogP contribution < -0.4 is 16.4 Å². The number of amidine groups is 1. The smallest absolute Gasteiger partial charge is 0.190 e. The second-order valence-corrected chi connectivity index (χ2v) is 5.61. The molecule has 0 spiro atoms. The van der Waals surface area contributed by atoms with Crippen LogP contribution in [0.25, 0.3) is 22.6 Å². The van der Waals surface area contributed by atoms with Gasteiger partial charge in [0, 0.05) is 22.5 Å². The molecule has 126 valence electrons. The molecule has 0 saturated heterocycles. The highest BCUT2D eigenvalue weighted by Gasteiger charge is 2.07. The summed E-state index contributed by atoms with van der Waals surface area (Å²) in [5.74, 6) is 1.85. The minimum atomic E-state index is -0.0933. The first-order chi connectivity index (χ1) is 12.0. The monoisotopic (exact) mass is 333 g/mol. The van der Waals surface area contributed by atoms with E-state index >= 15 is 0 Å². The molecule has 0 aliphatic rings. The first-order valence-corrected chi connectivity index (χ1v) is 7.75. The number of benzene rings is 2. The molecule has 6 heteroatoms. The minimum absolute atomic E-state index is 0.0933. The van der Waals surface area contributed by atoms with Crippen molar-refractivity contribution >= 4 is 23.2 Å². The lowest BCUT2D eigenvalue weighted by Crippen LogP contribution is -2.20. The van der Waals surface area contributed by atoms with Gasteiger partial charge in [-0.25, -0.2) is 0 Å². The Morgan fingerprint density at radius 3 is 1.60 bits per heavy atom. The van der Waals surface area contributed by atoms with Crippen molar-refractivity contribution in [3.63, 3.8) is 0 Å². The molecule has 0 atom stereocenters. The van der Waals surface area contributed by atoms with Crippen molar-refractivity contribution < 1.29 is 4.42 Å². The largest absolute Gasteiger partial charge is 0.456 e. The summed E-state index contributed by atoms with van der Waals surface area (Å²) in [6, 6.07) is 19.1. The van der Waals surface area contributed by atoms with E-state index < -0.39 is 0 Å². The summed E-state index contributed by atoms with van der Waals surface area (Å²) in [5, 5.41) is 20.4. The van der Waals surface area contributed by atoms with Gasteiger partial charge in [-0.1, -0.05) is 0 Å². The summed E-state index contributed by atoms with van der Waals surface area (Å²) >= 11 is 0. The summed E-state index contributed by atoms with van der Waals surface area (Å²) in [5.41, 5.74) is 8.85. The van der Waals surface area contributed by atoms with Crippen molar-refractivity contribution in [3.8, 4) is 22.6 Å². The lowest BCUT2D eigenvalue weighted by molar-refractivity contribution is 0.597. The third kappa shape index (κ3) is 4.06. The molecule has 0 aliphatic carbocycles. The van der Waals surface area contributed by atoms with E-state index in [9.17, 15) is 0 Å². The van der Waals surface area contributed by atoms with E-state index in [0.717, 1.165) is 34.0 Å². The van der Waals surface area contributed by atoms with Gasteiger partial charge in [-0.15, -0.1) is 0 Å². The fourth-order valence-corrected chi connectivity index (χ4v) is 2.46. The molecular formula is C19H19N5O. The molecule has 0 unspecified atom stereocenters. The van der Waals surface area contributed by atoms with Crippen LogP contribution in [0.5, 0.6) is 0 Å². The van der Waals surface area contributed by atoms with Crippen molar-refractivity contribution in [2.24, 2.45) is 5.73 Å². The SMILES string of the molecule is CC(=N)Nc1ccc(-c2ccc(-c3ccc(NC(=N)N)cc3)o2)cc1. The van der Waals surface area contributed by atoms with Crippen molar-refractivity contribution in [1.29, 1.82) is 10.8 Å². The Balaban J connectivity index is 1.77. The van der Waals surface area contributed by atoms with Gasteiger partial charge in [0.15, 0.2) is 5.96 Å². The number of rotatable bonds is 4. The van der Waals surface area contributed by atoms with Crippen LogP contribution in [0.1, 0.15) is 6.92 Å². The van der Waals surface area contributed by atoms with Gasteiger partial charge in [0.2, 0.25) is 0 Å². The average molecular weight is 333 g/mol. The van der Waals surface area contributed by atoms with E-state index in [-0.39, 0.29) is 5.96 Å². The summed E-state index contributed by atoms with van der Waals surface area (Å²) in [6.07, 6.45) is 0. The van der Waals surface area contributed by atoms with Crippen LogP contribution in [0.2, 0.25) is 0 Å². The molecule has 6 N–H and O–H groups in total. The third-order valence-electron chi connectivity index (χ3n) is 3.56. The van der Waals surface area contributed by atoms with E-state index in [0.29, 0.717) is 5.84 Å². The first-order valence-electron chi connectivity index (χ1n) is 7.75. The minimum Gasteiger partial charge on any atom is -0.456 e. The predicted molar refractivity (Wildman–Crippen MR) is 102 cm³/mol. The van der Waals surface area contributed by atoms with Gasteiger partial charge in [0.05, 0.1) is 5.84 Å². The van der Waals surface area contributed by atoms with Crippen molar-refractivity contribution in [1.82, 2.24) is 0 Å². The number of furan rings is 1. The van der Waals surface area contributed by atoms with Crippen molar-refractivity contribution in [3.05, 3.63) is 60.7 Å². The Morgan fingerprint density at radius 1 is 0.760 bits per heavy atom. The lowest BCUT2D eigenvalue weighted by Gasteiger charge is -2.05. The molecule has 2 aromatic carbocycles. The van der Waals surface area contributed by atoms with E-state index in [4.69, 9.17) is 21.0 Å². The normalized spacial score (nSPS) is 10.3.